The fourth-order valence-corrected chi connectivity index (χ4v) is 1.03. The number of carbonyl (C=O) groups is 1. The smallest absolute Gasteiger partial charge is 0.335 e. The van der Waals surface area contributed by atoms with Crippen LogP contribution in [-0.4, -0.2) is 38.2 Å². The molecular weight excluding hydrogens is 212 g/mol. The van der Waals surface area contributed by atoms with E-state index in [1.165, 1.54) is 12.1 Å². The van der Waals surface area contributed by atoms with E-state index in [1.807, 2.05) is 0 Å². The molecule has 0 aliphatic rings. The van der Waals surface area contributed by atoms with E-state index in [-0.39, 0.29) is 12.4 Å². The van der Waals surface area contributed by atoms with Crippen LogP contribution in [0.15, 0.2) is 24.3 Å². The normalized spacial score (nSPS) is 10.1. The Kier molecular flexibility index (Phi) is 5.31. The zero-order valence-corrected chi connectivity index (χ0v) is 9.01. The van der Waals surface area contributed by atoms with Crippen molar-refractivity contribution in [2.45, 2.75) is 0 Å². The van der Waals surface area contributed by atoms with E-state index < -0.39 is 5.97 Å². The maximum absolute atomic E-state index is 10.7. The van der Waals surface area contributed by atoms with Crippen molar-refractivity contribution < 1.29 is 24.1 Å². The quantitative estimate of drug-likeness (QED) is 0.562. The molecule has 0 bridgehead atoms. The topological polar surface area (TPSA) is 65.0 Å². The van der Waals surface area contributed by atoms with Gasteiger partial charge in [-0.25, -0.2) is 4.79 Å². The van der Waals surface area contributed by atoms with E-state index in [2.05, 4.69) is 0 Å². The molecule has 0 radical (unpaired) electrons. The Morgan fingerprint density at radius 3 is 2.88 bits per heavy atom. The lowest BCUT2D eigenvalue weighted by molar-refractivity contribution is -0.00852. The van der Waals surface area contributed by atoms with Crippen molar-refractivity contribution in [1.82, 2.24) is 0 Å². The van der Waals surface area contributed by atoms with Crippen LogP contribution in [0, 0.1) is 0 Å². The average Bonchev–Trinajstić information content (AvgIpc) is 2.29. The number of methoxy groups -OCH3 is 1. The van der Waals surface area contributed by atoms with Gasteiger partial charge in [0.1, 0.15) is 5.75 Å². The number of carboxylic acid groups (broad SMARTS) is 1. The van der Waals surface area contributed by atoms with Gasteiger partial charge in [-0.15, -0.1) is 0 Å². The summed E-state index contributed by atoms with van der Waals surface area (Å²) in [5, 5.41) is 8.75. The third kappa shape index (κ3) is 4.29. The largest absolute Gasteiger partial charge is 0.478 e. The van der Waals surface area contributed by atoms with E-state index in [0.29, 0.717) is 19.0 Å². The third-order valence-corrected chi connectivity index (χ3v) is 1.82. The molecule has 0 aliphatic carbocycles. The summed E-state index contributed by atoms with van der Waals surface area (Å²) in [5.41, 5.74) is 0.189. The second-order valence-electron chi connectivity index (χ2n) is 3.00. The minimum Gasteiger partial charge on any atom is -0.478 e. The molecule has 1 rings (SSSR count). The Morgan fingerprint density at radius 1 is 1.38 bits per heavy atom. The lowest BCUT2D eigenvalue weighted by atomic mass is 10.2. The molecule has 0 aliphatic heterocycles. The zero-order chi connectivity index (χ0) is 11.8. The van der Waals surface area contributed by atoms with E-state index in [0.717, 1.165) is 0 Å². The van der Waals surface area contributed by atoms with Crippen molar-refractivity contribution in [2.24, 2.45) is 0 Å². The molecule has 5 nitrogen and oxygen atoms in total. The summed E-state index contributed by atoms with van der Waals surface area (Å²) in [4.78, 5) is 10.7. The van der Waals surface area contributed by atoms with Crippen molar-refractivity contribution in [3.63, 3.8) is 0 Å². The standard InChI is InChI=1S/C11H14O5/c1-14-5-6-15-8-16-10-4-2-3-9(7-10)11(12)13/h2-4,7H,5-6,8H2,1H3,(H,12,13). The van der Waals surface area contributed by atoms with Crippen molar-refractivity contribution in [2.75, 3.05) is 27.1 Å². The summed E-state index contributed by atoms with van der Waals surface area (Å²) in [7, 11) is 1.58. The monoisotopic (exact) mass is 226 g/mol. The number of ether oxygens (including phenoxy) is 3. The molecule has 1 aromatic rings. The summed E-state index contributed by atoms with van der Waals surface area (Å²) in [5.74, 6) is -0.511. The first-order valence-corrected chi connectivity index (χ1v) is 4.77. The first-order valence-electron chi connectivity index (χ1n) is 4.77. The molecule has 88 valence electrons. The lowest BCUT2D eigenvalue weighted by Crippen LogP contribution is -2.08. The van der Waals surface area contributed by atoms with Gasteiger partial charge in [-0.1, -0.05) is 6.07 Å². The maximum Gasteiger partial charge on any atom is 0.335 e. The molecule has 1 N–H and O–H groups in total. The molecule has 0 atom stereocenters. The van der Waals surface area contributed by atoms with Crippen LogP contribution in [0.25, 0.3) is 0 Å². The molecule has 0 unspecified atom stereocenters. The molecule has 0 spiro atoms. The van der Waals surface area contributed by atoms with Gasteiger partial charge in [-0.3, -0.25) is 0 Å². The molecule has 0 aromatic heterocycles. The Balaban J connectivity index is 2.36. The van der Waals surface area contributed by atoms with Gasteiger partial charge in [0.05, 0.1) is 18.8 Å². The van der Waals surface area contributed by atoms with Crippen LogP contribution in [0.4, 0.5) is 0 Å². The highest BCUT2D eigenvalue weighted by molar-refractivity contribution is 5.87. The third-order valence-electron chi connectivity index (χ3n) is 1.82. The lowest BCUT2D eigenvalue weighted by Gasteiger charge is -2.07. The van der Waals surface area contributed by atoms with Crippen molar-refractivity contribution >= 4 is 5.97 Å². The summed E-state index contributed by atoms with van der Waals surface area (Å²) in [6, 6.07) is 6.24. The molecule has 0 heterocycles. The van der Waals surface area contributed by atoms with Gasteiger partial charge in [-0.05, 0) is 18.2 Å². The predicted octanol–water partition coefficient (Wildman–Crippen LogP) is 1.38. The Bertz CT molecular complexity index is 337. The summed E-state index contributed by atoms with van der Waals surface area (Å²) < 4.78 is 15.1. The van der Waals surface area contributed by atoms with E-state index in [9.17, 15) is 4.79 Å². The van der Waals surface area contributed by atoms with Gasteiger partial charge >= 0.3 is 5.97 Å². The van der Waals surface area contributed by atoms with Crippen molar-refractivity contribution in [3.8, 4) is 5.75 Å². The minimum absolute atomic E-state index is 0.0758. The number of aromatic carboxylic acids is 1. The highest BCUT2D eigenvalue weighted by atomic mass is 16.7. The van der Waals surface area contributed by atoms with Crippen LogP contribution < -0.4 is 4.74 Å². The fourth-order valence-electron chi connectivity index (χ4n) is 1.03. The number of hydrogen-bond donors (Lipinski definition) is 1. The molecule has 0 fully saturated rings. The Morgan fingerprint density at radius 2 is 2.19 bits per heavy atom. The molecule has 0 saturated heterocycles. The van der Waals surface area contributed by atoms with Crippen LogP contribution in [0.1, 0.15) is 10.4 Å². The van der Waals surface area contributed by atoms with Gasteiger partial charge in [0.15, 0.2) is 6.79 Å². The summed E-state index contributed by atoms with van der Waals surface area (Å²) in [6.07, 6.45) is 0. The Labute approximate surface area is 93.6 Å². The van der Waals surface area contributed by atoms with Crippen molar-refractivity contribution in [3.05, 3.63) is 29.8 Å². The first-order chi connectivity index (χ1) is 7.74. The zero-order valence-electron chi connectivity index (χ0n) is 9.01. The SMILES string of the molecule is COCCOCOc1cccc(C(=O)O)c1. The maximum atomic E-state index is 10.7. The highest BCUT2D eigenvalue weighted by Gasteiger charge is 2.03. The van der Waals surface area contributed by atoms with Gasteiger partial charge in [0, 0.05) is 7.11 Å². The minimum atomic E-state index is -0.981. The van der Waals surface area contributed by atoms with Crippen LogP contribution in [-0.2, 0) is 9.47 Å². The summed E-state index contributed by atoms with van der Waals surface area (Å²) >= 11 is 0. The van der Waals surface area contributed by atoms with Crippen LogP contribution in [0.5, 0.6) is 5.75 Å². The fraction of sp³-hybridized carbons (Fsp3) is 0.364. The molecule has 0 amide bonds. The number of hydrogen-bond acceptors (Lipinski definition) is 4. The van der Waals surface area contributed by atoms with E-state index >= 15 is 0 Å². The molecule has 1 aromatic carbocycles. The number of carboxylic acids is 1. The van der Waals surface area contributed by atoms with Gasteiger partial charge in [0.25, 0.3) is 0 Å². The highest BCUT2D eigenvalue weighted by Crippen LogP contribution is 2.13. The average molecular weight is 226 g/mol. The molecular formula is C11H14O5. The predicted molar refractivity (Wildman–Crippen MR) is 56.7 cm³/mol. The van der Waals surface area contributed by atoms with E-state index in [4.69, 9.17) is 19.3 Å². The number of benzene rings is 1. The van der Waals surface area contributed by atoms with Crippen LogP contribution in [0.3, 0.4) is 0 Å². The Hall–Kier alpha value is -1.59. The van der Waals surface area contributed by atoms with Crippen LogP contribution in [0.2, 0.25) is 0 Å². The summed E-state index contributed by atoms with van der Waals surface area (Å²) in [6.45, 7) is 1.01. The second-order valence-corrected chi connectivity index (χ2v) is 3.00. The van der Waals surface area contributed by atoms with Gasteiger partial charge in [-0.2, -0.15) is 0 Å². The second kappa shape index (κ2) is 6.81. The van der Waals surface area contributed by atoms with Crippen LogP contribution >= 0.6 is 0 Å². The molecule has 5 heteroatoms. The van der Waals surface area contributed by atoms with E-state index in [1.54, 1.807) is 19.2 Å². The molecule has 0 saturated carbocycles. The molecule has 16 heavy (non-hydrogen) atoms. The first kappa shape index (κ1) is 12.5. The van der Waals surface area contributed by atoms with Gasteiger partial charge < -0.3 is 19.3 Å². The number of rotatable bonds is 7. The van der Waals surface area contributed by atoms with Crippen molar-refractivity contribution in [1.29, 1.82) is 0 Å². The van der Waals surface area contributed by atoms with Gasteiger partial charge in [0.2, 0.25) is 0 Å².